The van der Waals surface area contributed by atoms with Crippen molar-refractivity contribution in [1.29, 1.82) is 0 Å². The van der Waals surface area contributed by atoms with E-state index in [2.05, 4.69) is 138 Å². The molecule has 0 unspecified atom stereocenters. The van der Waals surface area contributed by atoms with E-state index in [0.717, 1.165) is 93.8 Å². The quantitative estimate of drug-likeness (QED) is 0.161. The van der Waals surface area contributed by atoms with Gasteiger partial charge in [0.05, 0.1) is 16.6 Å². The molecule has 6 nitrogen and oxygen atoms in total. The number of hydrogen-bond donors (Lipinski definition) is 0. The second kappa shape index (κ2) is 14.7. The van der Waals surface area contributed by atoms with Crippen LogP contribution < -0.4 is 0 Å². The number of para-hydroxylation sites is 2. The van der Waals surface area contributed by atoms with E-state index in [4.69, 9.17) is 24.4 Å². The zero-order valence-corrected chi connectivity index (χ0v) is 33.4. The van der Waals surface area contributed by atoms with Gasteiger partial charge in [-0.1, -0.05) is 158 Å². The van der Waals surface area contributed by atoms with Crippen molar-refractivity contribution < 1.29 is 4.42 Å². The number of nitrogens with zero attached hydrogens (tertiary/aromatic N) is 5. The molecule has 4 heterocycles. The van der Waals surface area contributed by atoms with Crippen LogP contribution in [0, 0.1) is 0 Å². The van der Waals surface area contributed by atoms with Crippen LogP contribution in [-0.2, 0) is 0 Å². The van der Waals surface area contributed by atoms with Crippen LogP contribution in [0.4, 0.5) is 0 Å². The van der Waals surface area contributed by atoms with E-state index in [9.17, 15) is 0 Å². The lowest BCUT2D eigenvalue weighted by Crippen LogP contribution is -2.06. The van der Waals surface area contributed by atoms with Gasteiger partial charge in [0.1, 0.15) is 17.0 Å². The molecule has 0 saturated carbocycles. The largest absolute Gasteiger partial charge is 0.456 e. The highest BCUT2D eigenvalue weighted by Crippen LogP contribution is 2.41. The van der Waals surface area contributed by atoms with Gasteiger partial charge in [-0.3, -0.25) is 4.57 Å². The smallest absolute Gasteiger partial charge is 0.167 e. The average molecular weight is 794 g/mol. The summed E-state index contributed by atoms with van der Waals surface area (Å²) in [5.41, 5.74) is 12.7. The maximum atomic E-state index is 6.42. The molecule has 4 aromatic heterocycles. The van der Waals surface area contributed by atoms with E-state index in [1.54, 1.807) is 0 Å². The average Bonchev–Trinajstić information content (AvgIpc) is 3.88. The Labute approximate surface area is 357 Å². The van der Waals surface area contributed by atoms with E-state index in [1.807, 2.05) is 79.0 Å². The van der Waals surface area contributed by atoms with Gasteiger partial charge >= 0.3 is 0 Å². The van der Waals surface area contributed by atoms with Crippen LogP contribution in [0.1, 0.15) is 0 Å². The van der Waals surface area contributed by atoms with Gasteiger partial charge in [0.2, 0.25) is 0 Å². The normalized spacial score (nSPS) is 11.5. The van der Waals surface area contributed by atoms with E-state index < -0.39 is 0 Å². The third-order valence-electron chi connectivity index (χ3n) is 11.7. The number of rotatable bonds is 7. The summed E-state index contributed by atoms with van der Waals surface area (Å²) in [5, 5.41) is 4.27. The summed E-state index contributed by atoms with van der Waals surface area (Å²) in [4.78, 5) is 21.1. The van der Waals surface area contributed by atoms with Crippen molar-refractivity contribution in [2.75, 3.05) is 0 Å². The fourth-order valence-corrected chi connectivity index (χ4v) is 8.69. The van der Waals surface area contributed by atoms with Crippen molar-refractivity contribution in [3.05, 3.63) is 212 Å². The van der Waals surface area contributed by atoms with Gasteiger partial charge in [-0.25, -0.2) is 19.9 Å². The van der Waals surface area contributed by atoms with Crippen LogP contribution in [0.2, 0.25) is 0 Å². The van der Waals surface area contributed by atoms with Gasteiger partial charge in [0.25, 0.3) is 0 Å². The molecule has 6 heteroatoms. The van der Waals surface area contributed by atoms with Crippen LogP contribution in [0.5, 0.6) is 0 Å². The molecule has 8 aromatic carbocycles. The van der Waals surface area contributed by atoms with Gasteiger partial charge in [-0.2, -0.15) is 0 Å². The Balaban J connectivity index is 1.17. The van der Waals surface area contributed by atoms with Gasteiger partial charge in [0.15, 0.2) is 17.5 Å². The molecule has 0 aliphatic heterocycles. The standard InChI is InChI=1S/C56H35N5O/c1-5-17-36(18-6-1)40-29-41(37-19-7-2-8-20-37)31-42(30-40)43-32-48(55-59-53(38-21-9-3-10-22-38)58-54(60-55)39-23-11-4-12-24-39)56(57-35-43)61-49-27-15-13-25-44(49)46-34-52-47(33-50(46)61)45-26-14-16-28-51(45)62-52/h1-35H. The molecule has 0 radical (unpaired) electrons. The van der Waals surface area contributed by atoms with Crippen LogP contribution in [0.25, 0.3) is 117 Å². The first-order valence-corrected chi connectivity index (χ1v) is 20.7. The molecule has 0 N–H and O–H groups in total. The number of aromatic nitrogens is 5. The Morgan fingerprint density at radius 2 is 0.823 bits per heavy atom. The summed E-state index contributed by atoms with van der Waals surface area (Å²) in [6, 6.07) is 71.3. The van der Waals surface area contributed by atoms with E-state index in [0.29, 0.717) is 23.3 Å². The molecule has 0 aliphatic carbocycles. The first-order chi connectivity index (χ1) is 30.7. The molecule has 0 amide bonds. The van der Waals surface area contributed by atoms with Crippen molar-refractivity contribution in [3.63, 3.8) is 0 Å². The molecule has 0 atom stereocenters. The predicted octanol–water partition coefficient (Wildman–Crippen LogP) is 14.3. The molecule has 0 saturated heterocycles. The molecular weight excluding hydrogens is 759 g/mol. The number of hydrogen-bond acceptors (Lipinski definition) is 5. The zero-order valence-electron chi connectivity index (χ0n) is 33.4. The fraction of sp³-hybridized carbons (Fsp3) is 0. The minimum atomic E-state index is 0.519. The van der Waals surface area contributed by atoms with Crippen molar-refractivity contribution >= 4 is 43.7 Å². The summed E-state index contributed by atoms with van der Waals surface area (Å²) in [7, 11) is 0. The lowest BCUT2D eigenvalue weighted by Gasteiger charge is -2.16. The van der Waals surface area contributed by atoms with Crippen LogP contribution in [0.3, 0.4) is 0 Å². The maximum absolute atomic E-state index is 6.42. The maximum Gasteiger partial charge on any atom is 0.167 e. The van der Waals surface area contributed by atoms with Gasteiger partial charge in [0, 0.05) is 44.4 Å². The van der Waals surface area contributed by atoms with E-state index in [-0.39, 0.29) is 0 Å². The molecule has 0 bridgehead atoms. The topological polar surface area (TPSA) is 69.6 Å². The summed E-state index contributed by atoms with van der Waals surface area (Å²) in [5.74, 6) is 2.39. The first-order valence-electron chi connectivity index (χ1n) is 20.7. The van der Waals surface area contributed by atoms with Gasteiger partial charge in [-0.15, -0.1) is 0 Å². The lowest BCUT2D eigenvalue weighted by atomic mass is 9.93. The number of pyridine rings is 1. The van der Waals surface area contributed by atoms with Crippen LogP contribution in [-0.4, -0.2) is 24.5 Å². The minimum Gasteiger partial charge on any atom is -0.456 e. The molecule has 0 spiro atoms. The molecular formula is C56H35N5O. The Morgan fingerprint density at radius 3 is 1.44 bits per heavy atom. The highest BCUT2D eigenvalue weighted by Gasteiger charge is 2.23. The third kappa shape index (κ3) is 6.13. The molecule has 0 fully saturated rings. The van der Waals surface area contributed by atoms with Gasteiger partial charge in [-0.05, 0) is 76.3 Å². The zero-order chi connectivity index (χ0) is 41.0. The molecule has 12 aromatic rings. The Kier molecular flexibility index (Phi) is 8.38. The summed E-state index contributed by atoms with van der Waals surface area (Å²) in [6.07, 6.45) is 1.99. The fourth-order valence-electron chi connectivity index (χ4n) is 8.69. The Morgan fingerprint density at radius 1 is 0.323 bits per heavy atom. The van der Waals surface area contributed by atoms with Crippen molar-refractivity contribution in [1.82, 2.24) is 24.5 Å². The van der Waals surface area contributed by atoms with Crippen molar-refractivity contribution in [3.8, 4) is 73.4 Å². The number of benzene rings is 8. The summed E-state index contributed by atoms with van der Waals surface area (Å²) in [6.45, 7) is 0. The summed E-state index contributed by atoms with van der Waals surface area (Å²) < 4.78 is 8.68. The van der Waals surface area contributed by atoms with Crippen LogP contribution in [0.15, 0.2) is 217 Å². The van der Waals surface area contributed by atoms with Crippen molar-refractivity contribution in [2.24, 2.45) is 0 Å². The lowest BCUT2D eigenvalue weighted by molar-refractivity contribution is 0.669. The Hall–Kier alpha value is -8.48. The second-order valence-electron chi connectivity index (χ2n) is 15.5. The number of fused-ring (bicyclic) bond motifs is 6. The van der Waals surface area contributed by atoms with Gasteiger partial charge < -0.3 is 4.42 Å². The van der Waals surface area contributed by atoms with Crippen molar-refractivity contribution in [2.45, 2.75) is 0 Å². The number of furan rings is 1. The molecule has 0 aliphatic rings. The Bertz CT molecular complexity index is 3500. The van der Waals surface area contributed by atoms with E-state index in [1.165, 1.54) is 0 Å². The summed E-state index contributed by atoms with van der Waals surface area (Å²) >= 11 is 0. The second-order valence-corrected chi connectivity index (χ2v) is 15.5. The highest BCUT2D eigenvalue weighted by molar-refractivity contribution is 6.17. The molecule has 12 rings (SSSR count). The predicted molar refractivity (Wildman–Crippen MR) is 252 cm³/mol. The van der Waals surface area contributed by atoms with E-state index >= 15 is 0 Å². The first kappa shape index (κ1) is 35.5. The highest BCUT2D eigenvalue weighted by atomic mass is 16.3. The monoisotopic (exact) mass is 793 g/mol. The molecule has 290 valence electrons. The van der Waals surface area contributed by atoms with Crippen LogP contribution >= 0.6 is 0 Å². The third-order valence-corrected chi connectivity index (χ3v) is 11.7. The minimum absolute atomic E-state index is 0.519. The molecule has 62 heavy (non-hydrogen) atoms. The SMILES string of the molecule is c1ccc(-c2cc(-c3ccccc3)cc(-c3cnc(-n4c5ccccc5c5cc6oc7ccccc7c6cc54)c(-c4nc(-c5ccccc5)nc(-c5ccccc5)n4)c3)c2)cc1.